The molecular weight excluding hydrogens is 168 g/mol. The Balaban J connectivity index is 4.19. The van der Waals surface area contributed by atoms with Gasteiger partial charge in [0.15, 0.2) is 0 Å². The summed E-state index contributed by atoms with van der Waals surface area (Å²) in [6.45, 7) is -1.85. The molecule has 70 valence electrons. The summed E-state index contributed by atoms with van der Waals surface area (Å²) in [6, 6.07) is 0. The molecule has 0 amide bonds. The lowest BCUT2D eigenvalue weighted by molar-refractivity contribution is -0.147. The van der Waals surface area contributed by atoms with Crippen LogP contribution in [-0.4, -0.2) is 57.4 Å². The fraction of sp³-hybridized carbons (Fsp3) is 0.667. The summed E-state index contributed by atoms with van der Waals surface area (Å²) in [6.07, 6.45) is -3.65. The summed E-state index contributed by atoms with van der Waals surface area (Å²) in [5.74, 6) is -2.51. The minimum atomic E-state index is -1.96. The van der Waals surface area contributed by atoms with Crippen LogP contribution >= 0.6 is 0 Å². The quantitative estimate of drug-likeness (QED) is 0.330. The summed E-state index contributed by atoms with van der Waals surface area (Å²) in [4.78, 5) is 21.1. The van der Waals surface area contributed by atoms with Crippen molar-refractivity contribution in [2.24, 2.45) is 0 Å². The predicted octanol–water partition coefficient (Wildman–Crippen LogP) is -3.17. The van der Waals surface area contributed by atoms with Gasteiger partial charge in [0, 0.05) is 0 Å². The molecule has 2 atom stereocenters. The second kappa shape index (κ2) is 4.94. The van der Waals surface area contributed by atoms with E-state index in [4.69, 9.17) is 20.4 Å². The molecule has 0 spiro atoms. The lowest BCUT2D eigenvalue weighted by Gasteiger charge is -2.12. The van der Waals surface area contributed by atoms with E-state index in [2.05, 4.69) is 0 Å². The van der Waals surface area contributed by atoms with Crippen molar-refractivity contribution >= 4 is 11.6 Å². The second-order valence-corrected chi connectivity index (χ2v) is 2.14. The molecule has 0 saturated heterocycles. The van der Waals surface area contributed by atoms with Crippen LogP contribution in [0.15, 0.2) is 0 Å². The summed E-state index contributed by atoms with van der Waals surface area (Å²) >= 11 is 0. The van der Waals surface area contributed by atoms with E-state index in [0.717, 1.165) is 0 Å². The van der Waals surface area contributed by atoms with Crippen molar-refractivity contribution in [3.8, 4) is 0 Å². The number of ketones is 2. The first-order chi connectivity index (χ1) is 5.54. The molecule has 0 aromatic rings. The highest BCUT2D eigenvalue weighted by atomic mass is 16.4. The summed E-state index contributed by atoms with van der Waals surface area (Å²) in [7, 11) is 0. The molecule has 0 bridgehead atoms. The number of aliphatic hydroxyl groups excluding tert-OH is 4. The molecule has 0 radical (unpaired) electrons. The van der Waals surface area contributed by atoms with Gasteiger partial charge < -0.3 is 20.4 Å². The monoisotopic (exact) mass is 178 g/mol. The average Bonchev–Trinajstić information content (AvgIpc) is 2.12. The molecular formula is C6H10O6. The molecule has 2 unspecified atom stereocenters. The van der Waals surface area contributed by atoms with Gasteiger partial charge in [-0.05, 0) is 0 Å². The third-order valence-corrected chi connectivity index (χ3v) is 1.24. The highest BCUT2D eigenvalue weighted by Gasteiger charge is 2.28. The van der Waals surface area contributed by atoms with E-state index in [9.17, 15) is 9.59 Å². The number of Topliss-reactive ketones (excluding diaryl/α,β-unsaturated/α-hetero) is 2. The van der Waals surface area contributed by atoms with Gasteiger partial charge in [0.2, 0.25) is 11.6 Å². The smallest absolute Gasteiger partial charge is 0.231 e. The summed E-state index contributed by atoms with van der Waals surface area (Å²) in [5, 5.41) is 33.9. The van der Waals surface area contributed by atoms with E-state index in [1.165, 1.54) is 0 Å². The predicted molar refractivity (Wildman–Crippen MR) is 36.2 cm³/mol. The van der Waals surface area contributed by atoms with Gasteiger partial charge in [-0.1, -0.05) is 0 Å². The third-order valence-electron chi connectivity index (χ3n) is 1.24. The van der Waals surface area contributed by atoms with Gasteiger partial charge in [-0.15, -0.1) is 0 Å². The van der Waals surface area contributed by atoms with Crippen LogP contribution in [0.1, 0.15) is 0 Å². The molecule has 0 fully saturated rings. The van der Waals surface area contributed by atoms with Crippen LogP contribution in [0.25, 0.3) is 0 Å². The van der Waals surface area contributed by atoms with Crippen molar-refractivity contribution in [3.63, 3.8) is 0 Å². The third kappa shape index (κ3) is 2.67. The maximum absolute atomic E-state index is 10.6. The zero-order valence-electron chi connectivity index (χ0n) is 6.17. The number of aliphatic hydroxyl groups is 4. The van der Waals surface area contributed by atoms with Crippen molar-refractivity contribution in [2.75, 3.05) is 13.2 Å². The largest absolute Gasteiger partial charge is 0.394 e. The zero-order chi connectivity index (χ0) is 9.72. The molecule has 6 nitrogen and oxygen atoms in total. The fourth-order valence-electron chi connectivity index (χ4n) is 0.517. The molecule has 0 aromatic carbocycles. The van der Waals surface area contributed by atoms with Crippen molar-refractivity contribution in [1.82, 2.24) is 0 Å². The van der Waals surface area contributed by atoms with Gasteiger partial charge >= 0.3 is 0 Å². The molecule has 0 saturated carbocycles. The van der Waals surface area contributed by atoms with Crippen molar-refractivity contribution in [3.05, 3.63) is 0 Å². The highest BCUT2D eigenvalue weighted by molar-refractivity contribution is 6.39. The van der Waals surface area contributed by atoms with Crippen LogP contribution in [0.5, 0.6) is 0 Å². The Bertz CT molecular complexity index is 177. The zero-order valence-corrected chi connectivity index (χ0v) is 6.17. The average molecular weight is 178 g/mol. The van der Waals surface area contributed by atoms with Crippen LogP contribution in [0.4, 0.5) is 0 Å². The van der Waals surface area contributed by atoms with E-state index >= 15 is 0 Å². The normalized spacial score (nSPS) is 15.3. The Kier molecular flexibility index (Phi) is 4.60. The van der Waals surface area contributed by atoms with Crippen molar-refractivity contribution in [2.45, 2.75) is 12.2 Å². The summed E-state index contributed by atoms with van der Waals surface area (Å²) < 4.78 is 0. The van der Waals surface area contributed by atoms with Crippen LogP contribution < -0.4 is 0 Å². The molecule has 0 heterocycles. The second-order valence-electron chi connectivity index (χ2n) is 2.14. The minimum Gasteiger partial charge on any atom is -0.394 e. The minimum absolute atomic E-state index is 0.828. The van der Waals surface area contributed by atoms with Gasteiger partial charge in [0.25, 0.3) is 0 Å². The van der Waals surface area contributed by atoms with Crippen LogP contribution in [-0.2, 0) is 9.59 Å². The number of carbonyl (C=O) groups excluding carboxylic acids is 2. The first kappa shape index (κ1) is 11.2. The SMILES string of the molecule is O=C(CO)C(=O)C(O)C(O)CO. The molecule has 0 aliphatic rings. The Labute approximate surface area is 68.1 Å². The number of hydrogen-bond acceptors (Lipinski definition) is 6. The maximum atomic E-state index is 10.6. The van der Waals surface area contributed by atoms with Gasteiger partial charge in [-0.3, -0.25) is 9.59 Å². The molecule has 0 aliphatic carbocycles. The maximum Gasteiger partial charge on any atom is 0.231 e. The van der Waals surface area contributed by atoms with E-state index in [-0.39, 0.29) is 0 Å². The molecule has 0 rings (SSSR count). The Morgan fingerprint density at radius 3 is 2.00 bits per heavy atom. The number of carbonyl (C=O) groups is 2. The van der Waals surface area contributed by atoms with E-state index < -0.39 is 37.0 Å². The molecule has 12 heavy (non-hydrogen) atoms. The lowest BCUT2D eigenvalue weighted by Crippen LogP contribution is -2.41. The van der Waals surface area contributed by atoms with E-state index in [1.54, 1.807) is 0 Å². The van der Waals surface area contributed by atoms with Crippen LogP contribution in [0.3, 0.4) is 0 Å². The number of hydrogen-bond donors (Lipinski definition) is 4. The van der Waals surface area contributed by atoms with Crippen LogP contribution in [0.2, 0.25) is 0 Å². The van der Waals surface area contributed by atoms with Crippen molar-refractivity contribution < 1.29 is 30.0 Å². The van der Waals surface area contributed by atoms with Crippen molar-refractivity contribution in [1.29, 1.82) is 0 Å². The molecule has 4 N–H and O–H groups in total. The highest BCUT2D eigenvalue weighted by Crippen LogP contribution is 1.95. The van der Waals surface area contributed by atoms with E-state index in [0.29, 0.717) is 0 Å². The van der Waals surface area contributed by atoms with Crippen LogP contribution in [0, 0.1) is 0 Å². The number of rotatable bonds is 5. The standard InChI is InChI=1S/C6H10O6/c7-1-3(9)5(11)6(12)4(10)2-8/h3,5,7-9,11H,1-2H2. The lowest BCUT2D eigenvalue weighted by atomic mass is 10.1. The fourth-order valence-corrected chi connectivity index (χ4v) is 0.517. The van der Waals surface area contributed by atoms with Gasteiger partial charge in [0.1, 0.15) is 18.8 Å². The Hall–Kier alpha value is -0.820. The Morgan fingerprint density at radius 1 is 1.17 bits per heavy atom. The molecule has 0 aliphatic heterocycles. The summed E-state index contributed by atoms with van der Waals surface area (Å²) in [5.41, 5.74) is 0. The van der Waals surface area contributed by atoms with Gasteiger partial charge in [-0.25, -0.2) is 0 Å². The Morgan fingerprint density at radius 2 is 1.67 bits per heavy atom. The first-order valence-electron chi connectivity index (χ1n) is 3.19. The molecule has 6 heteroatoms. The van der Waals surface area contributed by atoms with Gasteiger partial charge in [0.05, 0.1) is 6.61 Å². The van der Waals surface area contributed by atoms with E-state index in [1.807, 2.05) is 0 Å². The van der Waals surface area contributed by atoms with Gasteiger partial charge in [-0.2, -0.15) is 0 Å². The topological polar surface area (TPSA) is 115 Å². The molecule has 0 aromatic heterocycles. The first-order valence-corrected chi connectivity index (χ1v) is 3.19.